The minimum Gasteiger partial charge on any atom is -0.481 e. The molecule has 0 aromatic heterocycles. The number of carbonyl (C=O) groups excluding carboxylic acids is 2. The van der Waals surface area contributed by atoms with Crippen LogP contribution in [-0.2, 0) is 16.0 Å². The molecule has 0 aliphatic carbocycles. The number of ketones is 1. The van der Waals surface area contributed by atoms with E-state index < -0.39 is 23.8 Å². The second-order valence-electron chi connectivity index (χ2n) is 6.76. The topological polar surface area (TPSA) is 107 Å². The van der Waals surface area contributed by atoms with E-state index in [2.05, 4.69) is 5.32 Å². The Hall–Kier alpha value is -3.46. The average molecular weight is 378 g/mol. The van der Waals surface area contributed by atoms with Crippen molar-refractivity contribution >= 4 is 17.7 Å². The van der Waals surface area contributed by atoms with Crippen LogP contribution in [0.3, 0.4) is 0 Å². The van der Waals surface area contributed by atoms with Crippen LogP contribution < -0.4 is 5.32 Å². The number of carbonyl (C=O) groups is 3. The fourth-order valence-electron chi connectivity index (χ4n) is 2.77. The van der Waals surface area contributed by atoms with E-state index in [1.54, 1.807) is 0 Å². The number of hydrogen-bond donors (Lipinski definition) is 2. The number of Topliss-reactive ketones (excluding diaryl/α,β-unsaturated/α-hetero) is 1. The summed E-state index contributed by atoms with van der Waals surface area (Å²) in [5.74, 6) is -2.67. The minimum atomic E-state index is -1.05. The zero-order valence-corrected chi connectivity index (χ0v) is 15.8. The number of carboxylic acid groups (broad SMARTS) is 1. The van der Waals surface area contributed by atoms with Gasteiger partial charge in [-0.2, -0.15) is 5.26 Å². The number of rotatable bonds is 8. The number of nitriles is 1. The van der Waals surface area contributed by atoms with Crippen LogP contribution in [0, 0.1) is 24.2 Å². The fourth-order valence-corrected chi connectivity index (χ4v) is 2.77. The fraction of sp³-hybridized carbons (Fsp3) is 0.273. The van der Waals surface area contributed by atoms with Gasteiger partial charge in [0.1, 0.15) is 0 Å². The van der Waals surface area contributed by atoms with Gasteiger partial charge < -0.3 is 10.4 Å². The molecule has 6 heteroatoms. The first kappa shape index (κ1) is 20.8. The van der Waals surface area contributed by atoms with Gasteiger partial charge in [0.25, 0.3) is 5.91 Å². The standard InChI is InChI=1S/C22H22N2O4/c1-14-5-3-4-6-18(14)12-19(20(25)11-15(2)22(27)28)24-21(26)17-9-7-16(13-23)8-10-17/h3-10,15,19H,11-12H2,1-2H3,(H,24,26)(H,27,28)/t15-,19+/m0/s1. The number of hydrogen-bond acceptors (Lipinski definition) is 4. The molecule has 2 atom stereocenters. The SMILES string of the molecule is Cc1ccccc1C[C@@H](NC(=O)c1ccc(C#N)cc1)C(=O)C[C@H](C)C(=O)O. The lowest BCUT2D eigenvalue weighted by Gasteiger charge is -2.20. The van der Waals surface area contributed by atoms with Gasteiger partial charge in [-0.3, -0.25) is 14.4 Å². The third-order valence-electron chi connectivity index (χ3n) is 4.58. The highest BCUT2D eigenvalue weighted by molar-refractivity contribution is 5.98. The van der Waals surface area contributed by atoms with Crippen LogP contribution in [0.1, 0.15) is 40.4 Å². The summed E-state index contributed by atoms with van der Waals surface area (Å²) in [6.45, 7) is 3.38. The zero-order chi connectivity index (χ0) is 20.7. The first-order valence-corrected chi connectivity index (χ1v) is 8.93. The number of carboxylic acids is 1. The molecule has 28 heavy (non-hydrogen) atoms. The first-order valence-electron chi connectivity index (χ1n) is 8.93. The van der Waals surface area contributed by atoms with Crippen molar-refractivity contribution in [1.82, 2.24) is 5.32 Å². The summed E-state index contributed by atoms with van der Waals surface area (Å²) in [4.78, 5) is 36.4. The lowest BCUT2D eigenvalue weighted by Crippen LogP contribution is -2.43. The minimum absolute atomic E-state index is 0.167. The van der Waals surface area contributed by atoms with Crippen molar-refractivity contribution in [2.45, 2.75) is 32.7 Å². The molecule has 0 aliphatic heterocycles. The van der Waals surface area contributed by atoms with Crippen molar-refractivity contribution < 1.29 is 19.5 Å². The van der Waals surface area contributed by atoms with Crippen LogP contribution in [0.4, 0.5) is 0 Å². The van der Waals surface area contributed by atoms with E-state index in [0.29, 0.717) is 11.1 Å². The van der Waals surface area contributed by atoms with Crippen LogP contribution in [0.5, 0.6) is 0 Å². The first-order chi connectivity index (χ1) is 13.3. The molecule has 2 rings (SSSR count). The lowest BCUT2D eigenvalue weighted by atomic mass is 9.93. The maximum atomic E-state index is 12.7. The molecule has 2 aromatic rings. The van der Waals surface area contributed by atoms with Crippen molar-refractivity contribution in [3.8, 4) is 6.07 Å². The van der Waals surface area contributed by atoms with E-state index in [0.717, 1.165) is 11.1 Å². The monoisotopic (exact) mass is 378 g/mol. The van der Waals surface area contributed by atoms with Crippen LogP contribution in [0.15, 0.2) is 48.5 Å². The molecule has 0 fully saturated rings. The maximum absolute atomic E-state index is 12.7. The van der Waals surface area contributed by atoms with Gasteiger partial charge in [0.05, 0.1) is 23.6 Å². The predicted molar refractivity (Wildman–Crippen MR) is 104 cm³/mol. The summed E-state index contributed by atoms with van der Waals surface area (Å²) in [6, 6.07) is 14.8. The molecular weight excluding hydrogens is 356 g/mol. The van der Waals surface area contributed by atoms with Crippen molar-refractivity contribution in [2.75, 3.05) is 0 Å². The third kappa shape index (κ3) is 5.52. The number of nitrogens with zero attached hydrogens (tertiary/aromatic N) is 1. The number of aliphatic carboxylic acids is 1. The van der Waals surface area contributed by atoms with E-state index in [1.165, 1.54) is 31.2 Å². The van der Waals surface area contributed by atoms with Crippen molar-refractivity contribution in [1.29, 1.82) is 5.26 Å². The molecule has 1 amide bonds. The molecule has 0 radical (unpaired) electrons. The Kier molecular flexibility index (Phi) is 7.05. The van der Waals surface area contributed by atoms with E-state index in [4.69, 9.17) is 10.4 Å². The predicted octanol–water partition coefficient (Wildman–Crippen LogP) is 2.89. The molecule has 0 unspecified atom stereocenters. The van der Waals surface area contributed by atoms with Gasteiger partial charge in [0, 0.05) is 18.4 Å². The summed E-state index contributed by atoms with van der Waals surface area (Å²) >= 11 is 0. The molecule has 0 saturated heterocycles. The second-order valence-corrected chi connectivity index (χ2v) is 6.76. The van der Waals surface area contributed by atoms with Crippen LogP contribution in [-0.4, -0.2) is 28.8 Å². The highest BCUT2D eigenvalue weighted by Gasteiger charge is 2.26. The summed E-state index contributed by atoms with van der Waals surface area (Å²) in [5.41, 5.74) is 2.65. The molecule has 2 N–H and O–H groups in total. The van der Waals surface area contributed by atoms with Gasteiger partial charge in [-0.05, 0) is 42.3 Å². The summed E-state index contributed by atoms with van der Waals surface area (Å²) in [5, 5.41) is 20.7. The Labute approximate surface area is 163 Å². The van der Waals surface area contributed by atoms with Crippen molar-refractivity contribution in [2.24, 2.45) is 5.92 Å². The number of benzene rings is 2. The summed E-state index contributed by atoms with van der Waals surface area (Å²) < 4.78 is 0. The Morgan fingerprint density at radius 2 is 1.75 bits per heavy atom. The number of aryl methyl sites for hydroxylation is 1. The van der Waals surface area contributed by atoms with Gasteiger partial charge in [0.15, 0.2) is 5.78 Å². The highest BCUT2D eigenvalue weighted by Crippen LogP contribution is 2.14. The highest BCUT2D eigenvalue weighted by atomic mass is 16.4. The Morgan fingerprint density at radius 1 is 1.11 bits per heavy atom. The molecule has 6 nitrogen and oxygen atoms in total. The number of amides is 1. The molecule has 0 aliphatic rings. The molecule has 2 aromatic carbocycles. The van der Waals surface area contributed by atoms with Crippen LogP contribution in [0.25, 0.3) is 0 Å². The Bertz CT molecular complexity index is 913. The zero-order valence-electron chi connectivity index (χ0n) is 15.8. The van der Waals surface area contributed by atoms with E-state index in [9.17, 15) is 14.4 Å². The van der Waals surface area contributed by atoms with E-state index in [-0.39, 0.29) is 18.6 Å². The van der Waals surface area contributed by atoms with Gasteiger partial charge in [0.2, 0.25) is 0 Å². The third-order valence-corrected chi connectivity index (χ3v) is 4.58. The smallest absolute Gasteiger partial charge is 0.306 e. The van der Waals surface area contributed by atoms with Gasteiger partial charge >= 0.3 is 5.97 Å². The van der Waals surface area contributed by atoms with Crippen molar-refractivity contribution in [3.05, 3.63) is 70.8 Å². The van der Waals surface area contributed by atoms with Crippen LogP contribution >= 0.6 is 0 Å². The van der Waals surface area contributed by atoms with Gasteiger partial charge in [-0.25, -0.2) is 0 Å². The van der Waals surface area contributed by atoms with Gasteiger partial charge in [-0.1, -0.05) is 31.2 Å². The van der Waals surface area contributed by atoms with Gasteiger partial charge in [-0.15, -0.1) is 0 Å². The van der Waals surface area contributed by atoms with E-state index >= 15 is 0 Å². The molecule has 0 bridgehead atoms. The Balaban J connectivity index is 2.22. The average Bonchev–Trinajstić information content (AvgIpc) is 2.68. The van der Waals surface area contributed by atoms with Crippen LogP contribution in [0.2, 0.25) is 0 Å². The normalized spacial score (nSPS) is 12.5. The molecular formula is C22H22N2O4. The summed E-state index contributed by atoms with van der Waals surface area (Å²) in [7, 11) is 0. The molecule has 0 heterocycles. The maximum Gasteiger partial charge on any atom is 0.306 e. The lowest BCUT2D eigenvalue weighted by molar-refractivity contribution is -0.143. The summed E-state index contributed by atoms with van der Waals surface area (Å²) in [6.07, 6.45) is 0.111. The molecule has 0 saturated carbocycles. The number of nitrogens with one attached hydrogen (secondary N) is 1. The van der Waals surface area contributed by atoms with Crippen molar-refractivity contribution in [3.63, 3.8) is 0 Å². The second kappa shape index (κ2) is 9.47. The quantitative estimate of drug-likeness (QED) is 0.734. The van der Waals surface area contributed by atoms with E-state index in [1.807, 2.05) is 37.3 Å². The molecule has 0 spiro atoms. The largest absolute Gasteiger partial charge is 0.481 e. The Morgan fingerprint density at radius 3 is 2.32 bits per heavy atom. The molecule has 144 valence electrons.